The normalized spacial score (nSPS) is 27.6. The molecule has 3 atom stereocenters. The first-order valence-corrected chi connectivity index (χ1v) is 13.6. The quantitative estimate of drug-likeness (QED) is 0.447. The van der Waals surface area contributed by atoms with Crippen molar-refractivity contribution in [2.24, 2.45) is 17.3 Å². The number of nitrogens with one attached hydrogen (secondary N) is 1. The minimum atomic E-state index is -0.438. The molecule has 2 fully saturated rings. The molecule has 1 saturated heterocycles. The smallest absolute Gasteiger partial charge is 0.457 e. The van der Waals surface area contributed by atoms with Crippen LogP contribution in [0.15, 0.2) is 24.3 Å². The number of carbonyl (C=O) groups excluding carboxylic acids is 1. The summed E-state index contributed by atoms with van der Waals surface area (Å²) in [5.74, 6) is 1.76. The number of carbonyl (C=O) groups is 1. The molecule has 6 nitrogen and oxygen atoms in total. The SMILES string of the molecule is COc1ccc(N(C)C[C@@H]2CC[C@@H](CCB3OC(C)(C)C(C)(C)O3)C[C@]2(C)C(=O)NC(C)(C)C)cc1. The maximum absolute atomic E-state index is 13.7. The molecule has 2 aliphatic rings. The summed E-state index contributed by atoms with van der Waals surface area (Å²) in [5.41, 5.74) is -0.169. The summed E-state index contributed by atoms with van der Waals surface area (Å²) in [5, 5.41) is 3.30. The van der Waals surface area contributed by atoms with Crippen molar-refractivity contribution >= 4 is 18.7 Å². The van der Waals surface area contributed by atoms with Crippen LogP contribution < -0.4 is 15.0 Å². The molecule has 0 radical (unpaired) electrons. The Morgan fingerprint density at radius 1 is 1.08 bits per heavy atom. The number of hydrogen-bond donors (Lipinski definition) is 1. The molecule has 1 aromatic carbocycles. The van der Waals surface area contributed by atoms with Crippen molar-refractivity contribution in [3.63, 3.8) is 0 Å². The lowest BCUT2D eigenvalue weighted by atomic mass is 9.61. The number of nitrogens with zero attached hydrogens (tertiary/aromatic N) is 1. The van der Waals surface area contributed by atoms with E-state index < -0.39 is 5.41 Å². The van der Waals surface area contributed by atoms with E-state index in [1.807, 2.05) is 12.1 Å². The van der Waals surface area contributed by atoms with Crippen molar-refractivity contribution in [3.05, 3.63) is 24.3 Å². The van der Waals surface area contributed by atoms with Gasteiger partial charge in [-0.15, -0.1) is 0 Å². The minimum absolute atomic E-state index is 0.170. The van der Waals surface area contributed by atoms with Crippen LogP contribution in [0.1, 0.15) is 81.1 Å². The lowest BCUT2D eigenvalue weighted by Crippen LogP contribution is -2.54. The van der Waals surface area contributed by atoms with E-state index >= 15 is 0 Å². The minimum Gasteiger partial charge on any atom is -0.497 e. The fourth-order valence-electron chi connectivity index (χ4n) is 5.65. The first-order valence-electron chi connectivity index (χ1n) is 13.6. The number of amides is 1. The molecule has 1 heterocycles. The molecule has 1 aliphatic heterocycles. The number of anilines is 1. The summed E-state index contributed by atoms with van der Waals surface area (Å²) in [4.78, 5) is 16.0. The fourth-order valence-corrected chi connectivity index (χ4v) is 5.65. The molecule has 0 aromatic heterocycles. The molecule has 202 valence electrons. The van der Waals surface area contributed by atoms with Crippen LogP contribution in [0.2, 0.25) is 6.32 Å². The van der Waals surface area contributed by atoms with Gasteiger partial charge in [-0.25, -0.2) is 0 Å². The summed E-state index contributed by atoms with van der Waals surface area (Å²) >= 11 is 0. The number of rotatable bonds is 8. The van der Waals surface area contributed by atoms with Gasteiger partial charge in [-0.05, 0) is 104 Å². The van der Waals surface area contributed by atoms with E-state index in [-0.39, 0.29) is 35.7 Å². The van der Waals surface area contributed by atoms with Crippen molar-refractivity contribution in [3.8, 4) is 5.75 Å². The van der Waals surface area contributed by atoms with Crippen LogP contribution in [0.5, 0.6) is 5.75 Å². The molecule has 1 aliphatic carbocycles. The Kier molecular flexibility index (Phi) is 8.46. The van der Waals surface area contributed by atoms with E-state index in [4.69, 9.17) is 14.0 Å². The third-order valence-electron chi connectivity index (χ3n) is 8.66. The van der Waals surface area contributed by atoms with E-state index in [2.05, 4.69) is 84.8 Å². The first kappa shape index (κ1) is 28.8. The third-order valence-corrected chi connectivity index (χ3v) is 8.66. The molecule has 1 aromatic rings. The molecule has 7 heteroatoms. The van der Waals surface area contributed by atoms with Crippen LogP contribution in [-0.2, 0) is 14.1 Å². The summed E-state index contributed by atoms with van der Waals surface area (Å²) in [6, 6.07) is 8.15. The number of hydrogen-bond acceptors (Lipinski definition) is 5. The molecule has 3 rings (SSSR count). The van der Waals surface area contributed by atoms with Gasteiger partial charge in [-0.3, -0.25) is 4.79 Å². The molecular weight excluding hydrogens is 451 g/mol. The summed E-state index contributed by atoms with van der Waals surface area (Å²) in [7, 11) is 3.63. The van der Waals surface area contributed by atoms with Gasteiger partial charge in [0, 0.05) is 24.8 Å². The lowest BCUT2D eigenvalue weighted by Gasteiger charge is -2.46. The van der Waals surface area contributed by atoms with Gasteiger partial charge >= 0.3 is 7.12 Å². The highest BCUT2D eigenvalue weighted by Gasteiger charge is 2.51. The van der Waals surface area contributed by atoms with Gasteiger partial charge < -0.3 is 24.3 Å². The predicted molar refractivity (Wildman–Crippen MR) is 149 cm³/mol. The second kappa shape index (κ2) is 10.6. The predicted octanol–water partition coefficient (Wildman–Crippen LogP) is 5.95. The summed E-state index contributed by atoms with van der Waals surface area (Å²) < 4.78 is 17.8. The van der Waals surface area contributed by atoms with Crippen LogP contribution in [0.25, 0.3) is 0 Å². The van der Waals surface area contributed by atoms with Gasteiger partial charge in [0.2, 0.25) is 5.91 Å². The Balaban J connectivity index is 1.71. The largest absolute Gasteiger partial charge is 0.497 e. The summed E-state index contributed by atoms with van der Waals surface area (Å²) in [6.45, 7) is 17.6. The van der Waals surface area contributed by atoms with E-state index in [0.29, 0.717) is 5.92 Å². The van der Waals surface area contributed by atoms with Gasteiger partial charge in [0.25, 0.3) is 0 Å². The van der Waals surface area contributed by atoms with Crippen molar-refractivity contribution in [1.29, 1.82) is 0 Å². The Hall–Kier alpha value is -1.73. The van der Waals surface area contributed by atoms with Gasteiger partial charge in [-0.2, -0.15) is 0 Å². The van der Waals surface area contributed by atoms with Gasteiger partial charge in [-0.1, -0.05) is 19.8 Å². The first-order chi connectivity index (χ1) is 16.6. The van der Waals surface area contributed by atoms with E-state index in [0.717, 1.165) is 50.0 Å². The monoisotopic (exact) mass is 500 g/mol. The zero-order chi connectivity index (χ0) is 26.9. The number of methoxy groups -OCH3 is 1. The number of benzene rings is 1. The van der Waals surface area contributed by atoms with Crippen molar-refractivity contribution in [1.82, 2.24) is 5.32 Å². The molecule has 1 amide bonds. The molecule has 1 N–H and O–H groups in total. The van der Waals surface area contributed by atoms with Crippen LogP contribution >= 0.6 is 0 Å². The fraction of sp³-hybridized carbons (Fsp3) is 0.759. The van der Waals surface area contributed by atoms with Crippen molar-refractivity contribution in [2.75, 3.05) is 25.6 Å². The van der Waals surface area contributed by atoms with Gasteiger partial charge in [0.15, 0.2) is 0 Å². The Morgan fingerprint density at radius 3 is 2.19 bits per heavy atom. The number of ether oxygens (including phenoxy) is 1. The van der Waals surface area contributed by atoms with E-state index in [9.17, 15) is 4.79 Å². The maximum Gasteiger partial charge on any atom is 0.457 e. The summed E-state index contributed by atoms with van der Waals surface area (Å²) in [6.07, 6.45) is 4.91. The molecule has 36 heavy (non-hydrogen) atoms. The van der Waals surface area contributed by atoms with Crippen molar-refractivity contribution in [2.45, 2.75) is 104 Å². The van der Waals surface area contributed by atoms with Crippen LogP contribution in [-0.4, -0.2) is 50.5 Å². The van der Waals surface area contributed by atoms with E-state index in [1.54, 1.807) is 7.11 Å². The standard InChI is InChI=1S/C29H49BN2O4/c1-26(2,3)31-25(33)29(8)19-21(17-18-30-35-27(4,5)28(6,7)36-30)11-12-22(29)20-32(9)23-13-15-24(34-10)16-14-23/h13-16,21-22H,11-12,17-20H2,1-10H3,(H,31,33)/t21-,22-,29-/m0/s1. The van der Waals surface area contributed by atoms with Gasteiger partial charge in [0.1, 0.15) is 5.75 Å². The Labute approximate surface area is 220 Å². The Bertz CT molecular complexity index is 880. The molecule has 0 unspecified atom stereocenters. The maximum atomic E-state index is 13.7. The topological polar surface area (TPSA) is 60.0 Å². The second-order valence-corrected chi connectivity index (χ2v) is 13.3. The average Bonchev–Trinajstić information content (AvgIpc) is 2.99. The Morgan fingerprint density at radius 2 is 1.67 bits per heavy atom. The molecule has 0 bridgehead atoms. The lowest BCUT2D eigenvalue weighted by molar-refractivity contribution is -0.138. The van der Waals surface area contributed by atoms with Crippen LogP contribution in [0.4, 0.5) is 5.69 Å². The third kappa shape index (κ3) is 6.58. The van der Waals surface area contributed by atoms with Crippen LogP contribution in [0.3, 0.4) is 0 Å². The molecule has 0 spiro atoms. The average molecular weight is 501 g/mol. The highest BCUT2D eigenvalue weighted by atomic mass is 16.7. The van der Waals surface area contributed by atoms with E-state index in [1.165, 1.54) is 0 Å². The second-order valence-electron chi connectivity index (χ2n) is 13.3. The molecule has 1 saturated carbocycles. The van der Waals surface area contributed by atoms with Crippen LogP contribution in [0, 0.1) is 17.3 Å². The van der Waals surface area contributed by atoms with Gasteiger partial charge in [0.05, 0.1) is 23.7 Å². The van der Waals surface area contributed by atoms with Crippen molar-refractivity contribution < 1.29 is 18.8 Å². The molecular formula is C29H49BN2O4. The highest BCUT2D eigenvalue weighted by molar-refractivity contribution is 6.45. The zero-order valence-corrected chi connectivity index (χ0v) is 24.4. The highest BCUT2D eigenvalue weighted by Crippen LogP contribution is 2.47. The zero-order valence-electron chi connectivity index (χ0n) is 24.4.